The van der Waals surface area contributed by atoms with E-state index in [2.05, 4.69) is 45.9 Å². The number of rotatable bonds is 15. The molecule has 4 aromatic carbocycles. The van der Waals surface area contributed by atoms with Crippen molar-refractivity contribution in [3.63, 3.8) is 0 Å². The van der Waals surface area contributed by atoms with Gasteiger partial charge in [0.1, 0.15) is 0 Å². The molecule has 2 fully saturated rings. The third-order valence-corrected chi connectivity index (χ3v) is 9.71. The maximum atomic E-state index is 12.7. The molecular formula is C42H50N4O6. The van der Waals surface area contributed by atoms with Crippen molar-refractivity contribution < 1.29 is 28.9 Å². The van der Waals surface area contributed by atoms with Gasteiger partial charge in [-0.1, -0.05) is 91.3 Å². The number of benzene rings is 4. The number of morpholine rings is 1. The Morgan fingerprint density at radius 2 is 1.48 bits per heavy atom. The van der Waals surface area contributed by atoms with Crippen LogP contribution in [0.5, 0.6) is 0 Å². The zero-order valence-corrected chi connectivity index (χ0v) is 29.7. The zero-order valence-electron chi connectivity index (χ0n) is 29.7. The molecule has 0 spiro atoms. The van der Waals surface area contributed by atoms with Gasteiger partial charge >= 0.3 is 0 Å². The first kappa shape index (κ1) is 37.2. The number of aliphatic hydroxyl groups excluding tert-OH is 1. The summed E-state index contributed by atoms with van der Waals surface area (Å²) in [6.07, 6.45) is 3.06. The molecule has 6 rings (SSSR count). The summed E-state index contributed by atoms with van der Waals surface area (Å²) in [4.78, 5) is 27.4. The highest BCUT2D eigenvalue weighted by atomic mass is 16.7. The van der Waals surface area contributed by atoms with Crippen molar-refractivity contribution in [1.82, 2.24) is 10.2 Å². The lowest BCUT2D eigenvalue weighted by Gasteiger charge is -2.39. The second-order valence-electron chi connectivity index (χ2n) is 13.5. The molecule has 10 nitrogen and oxygen atoms in total. The van der Waals surface area contributed by atoms with E-state index in [9.17, 15) is 14.7 Å². The van der Waals surface area contributed by atoms with Gasteiger partial charge in [0.05, 0.1) is 43.4 Å². The molecule has 2 heterocycles. The van der Waals surface area contributed by atoms with E-state index in [0.717, 1.165) is 79.1 Å². The third kappa shape index (κ3) is 10.5. The van der Waals surface area contributed by atoms with Crippen LogP contribution in [0.3, 0.4) is 0 Å². The Balaban J connectivity index is 1.02. The maximum Gasteiger partial charge on any atom is 0.224 e. The number of nitrogens with one attached hydrogen (secondary N) is 2. The Bertz CT molecular complexity index is 1740. The van der Waals surface area contributed by atoms with E-state index in [1.807, 2.05) is 54.6 Å². The molecule has 4 aromatic rings. The first-order valence-electron chi connectivity index (χ1n) is 18.3. The van der Waals surface area contributed by atoms with Gasteiger partial charge in [-0.25, -0.2) is 0 Å². The number of carbonyl (C=O) groups excluding carboxylic acids is 2. The number of anilines is 2. The van der Waals surface area contributed by atoms with Crippen LogP contribution in [0.2, 0.25) is 0 Å². The molecule has 3 atom stereocenters. The number of nitrogens with two attached hydrogens (primary N) is 1. The molecule has 10 heteroatoms. The van der Waals surface area contributed by atoms with Gasteiger partial charge < -0.3 is 35.7 Å². The van der Waals surface area contributed by atoms with Gasteiger partial charge in [0.2, 0.25) is 11.8 Å². The number of unbranched alkanes of at least 4 members (excludes halogenated alkanes) is 2. The largest absolute Gasteiger partial charge is 0.397 e. The number of ether oxygens (including phenoxy) is 3. The predicted molar refractivity (Wildman–Crippen MR) is 202 cm³/mol. The van der Waals surface area contributed by atoms with Crippen LogP contribution in [0.25, 0.3) is 11.1 Å². The minimum atomic E-state index is -0.525. The SMILES string of the molecule is Nc1ccccc1NC(=O)CCCCCC(=O)NCc1ccccc1-c1ccc([C@@H]2O[C@H](CN3CCOCC3)C[C@H](c3ccc(CO)cc3)O2)cc1. The quantitative estimate of drug-likeness (QED) is 0.0812. The molecular weight excluding hydrogens is 656 g/mol. The van der Waals surface area contributed by atoms with E-state index in [-0.39, 0.29) is 30.6 Å². The maximum absolute atomic E-state index is 12.7. The number of nitrogen functional groups attached to an aromatic ring is 1. The molecule has 2 saturated heterocycles. The lowest BCUT2D eigenvalue weighted by atomic mass is 9.97. The summed E-state index contributed by atoms with van der Waals surface area (Å²) in [5.41, 5.74) is 13.1. The number of nitrogens with zero attached hydrogens (tertiary/aromatic N) is 1. The van der Waals surface area contributed by atoms with Gasteiger partial charge in [0.15, 0.2) is 6.29 Å². The van der Waals surface area contributed by atoms with E-state index in [1.165, 1.54) is 0 Å². The summed E-state index contributed by atoms with van der Waals surface area (Å²) in [5, 5.41) is 15.5. The monoisotopic (exact) mass is 706 g/mol. The summed E-state index contributed by atoms with van der Waals surface area (Å²) in [6, 6.07) is 31.6. The fraction of sp³-hybridized carbons (Fsp3) is 0.381. The van der Waals surface area contributed by atoms with Crippen LogP contribution in [0.15, 0.2) is 97.1 Å². The number of aliphatic hydroxyl groups is 1. The first-order valence-corrected chi connectivity index (χ1v) is 18.3. The van der Waals surface area contributed by atoms with Gasteiger partial charge in [0.25, 0.3) is 0 Å². The average Bonchev–Trinajstić information content (AvgIpc) is 3.18. The van der Waals surface area contributed by atoms with Crippen LogP contribution in [0, 0.1) is 0 Å². The molecule has 2 aliphatic heterocycles. The fourth-order valence-electron chi connectivity index (χ4n) is 6.73. The Labute approximate surface area is 306 Å². The second kappa shape index (κ2) is 18.8. The number of hydrogen-bond acceptors (Lipinski definition) is 8. The van der Waals surface area contributed by atoms with Crippen LogP contribution in [-0.4, -0.2) is 60.8 Å². The van der Waals surface area contributed by atoms with Crippen LogP contribution in [0.1, 0.15) is 73.2 Å². The number of amides is 2. The van der Waals surface area contributed by atoms with Crippen LogP contribution in [0.4, 0.5) is 11.4 Å². The minimum Gasteiger partial charge on any atom is -0.397 e. The van der Waals surface area contributed by atoms with Gasteiger partial charge in [0, 0.05) is 51.0 Å². The summed E-state index contributed by atoms with van der Waals surface area (Å²) in [5.74, 6) is -0.0847. The molecule has 0 radical (unpaired) electrons. The molecule has 2 aliphatic rings. The first-order chi connectivity index (χ1) is 25.4. The van der Waals surface area contributed by atoms with Gasteiger partial charge in [-0.05, 0) is 52.8 Å². The summed E-state index contributed by atoms with van der Waals surface area (Å²) in [7, 11) is 0. The summed E-state index contributed by atoms with van der Waals surface area (Å²) in [6.45, 7) is 4.50. The normalized spacial score (nSPS) is 19.2. The topological polar surface area (TPSA) is 135 Å². The van der Waals surface area contributed by atoms with Crippen molar-refractivity contribution in [3.8, 4) is 11.1 Å². The van der Waals surface area contributed by atoms with Crippen molar-refractivity contribution in [2.75, 3.05) is 43.9 Å². The Hall–Kier alpha value is -4.58. The highest BCUT2D eigenvalue weighted by molar-refractivity contribution is 5.93. The van der Waals surface area contributed by atoms with E-state index in [1.54, 1.807) is 12.1 Å². The van der Waals surface area contributed by atoms with Crippen molar-refractivity contribution in [3.05, 3.63) is 119 Å². The number of hydrogen-bond donors (Lipinski definition) is 4. The number of para-hydroxylation sites is 2. The highest BCUT2D eigenvalue weighted by Crippen LogP contribution is 2.39. The van der Waals surface area contributed by atoms with Crippen LogP contribution in [-0.2, 0) is 37.0 Å². The van der Waals surface area contributed by atoms with E-state index in [0.29, 0.717) is 43.6 Å². The van der Waals surface area contributed by atoms with Crippen molar-refractivity contribution >= 4 is 23.2 Å². The lowest BCUT2D eigenvalue weighted by molar-refractivity contribution is -0.253. The summed E-state index contributed by atoms with van der Waals surface area (Å²) >= 11 is 0. The molecule has 2 amide bonds. The predicted octanol–water partition coefficient (Wildman–Crippen LogP) is 6.51. The Kier molecular flexibility index (Phi) is 13.4. The van der Waals surface area contributed by atoms with Crippen molar-refractivity contribution in [2.45, 2.75) is 70.2 Å². The summed E-state index contributed by atoms with van der Waals surface area (Å²) < 4.78 is 18.7. The van der Waals surface area contributed by atoms with E-state index < -0.39 is 6.29 Å². The molecule has 0 aromatic heterocycles. The molecule has 274 valence electrons. The smallest absolute Gasteiger partial charge is 0.224 e. The van der Waals surface area contributed by atoms with E-state index >= 15 is 0 Å². The van der Waals surface area contributed by atoms with Crippen molar-refractivity contribution in [2.24, 2.45) is 0 Å². The third-order valence-electron chi connectivity index (χ3n) is 9.71. The van der Waals surface area contributed by atoms with Gasteiger partial charge in [-0.15, -0.1) is 0 Å². The van der Waals surface area contributed by atoms with E-state index in [4.69, 9.17) is 19.9 Å². The lowest BCUT2D eigenvalue weighted by Crippen LogP contribution is -2.44. The molecule has 5 N–H and O–H groups in total. The zero-order chi connectivity index (χ0) is 36.1. The average molecular weight is 707 g/mol. The highest BCUT2D eigenvalue weighted by Gasteiger charge is 2.33. The molecule has 52 heavy (non-hydrogen) atoms. The molecule has 0 saturated carbocycles. The fourth-order valence-corrected chi connectivity index (χ4v) is 6.73. The molecule has 0 aliphatic carbocycles. The van der Waals surface area contributed by atoms with Gasteiger partial charge in [-0.3, -0.25) is 14.5 Å². The van der Waals surface area contributed by atoms with Crippen molar-refractivity contribution in [1.29, 1.82) is 0 Å². The Morgan fingerprint density at radius 1 is 0.788 bits per heavy atom. The minimum absolute atomic E-state index is 0.00854. The molecule has 0 bridgehead atoms. The standard InChI is InChI=1S/C42H50N4O6/c43-37-10-6-7-11-38(37)45-41(49)13-3-1-2-12-40(48)44-27-34-8-4-5-9-36(34)31-18-20-33(21-19-31)42-51-35(28-46-22-24-50-25-23-46)26-39(52-42)32-16-14-30(29-47)15-17-32/h4-11,14-21,35,39,42,47H,1-3,12-13,22-29,43H2,(H,44,48)(H,45,49)/t35-,39+,42+/m0/s1. The van der Waals surface area contributed by atoms with Crippen LogP contribution >= 0.6 is 0 Å². The Morgan fingerprint density at radius 3 is 2.23 bits per heavy atom. The van der Waals surface area contributed by atoms with Crippen LogP contribution < -0.4 is 16.4 Å². The molecule has 0 unspecified atom stereocenters. The number of carbonyl (C=O) groups is 2. The second-order valence-corrected chi connectivity index (χ2v) is 13.5. The van der Waals surface area contributed by atoms with Gasteiger partial charge in [-0.2, -0.15) is 0 Å².